The van der Waals surface area contributed by atoms with Gasteiger partial charge in [0.1, 0.15) is 5.38 Å². The summed E-state index contributed by atoms with van der Waals surface area (Å²) >= 11 is 12.8. The summed E-state index contributed by atoms with van der Waals surface area (Å²) in [4.78, 5) is 19.7. The van der Waals surface area contributed by atoms with Crippen molar-refractivity contribution in [2.75, 3.05) is 40.9 Å². The lowest BCUT2D eigenvalue weighted by molar-refractivity contribution is -0.123. The Balaban J connectivity index is 1.39. The van der Waals surface area contributed by atoms with Gasteiger partial charge in [0.15, 0.2) is 0 Å². The van der Waals surface area contributed by atoms with Crippen LogP contribution in [0.25, 0.3) is 10.8 Å². The Morgan fingerprint density at radius 2 is 1.44 bits per heavy atom. The van der Waals surface area contributed by atoms with E-state index in [0.29, 0.717) is 5.02 Å². The summed E-state index contributed by atoms with van der Waals surface area (Å²) in [6.45, 7) is 5.77. The van der Waals surface area contributed by atoms with Gasteiger partial charge >= 0.3 is 0 Å². The monoisotopic (exact) mass is 515 g/mol. The van der Waals surface area contributed by atoms with E-state index >= 15 is 0 Å². The summed E-state index contributed by atoms with van der Waals surface area (Å²) in [5.41, 5.74) is 5.53. The van der Waals surface area contributed by atoms with E-state index in [1.807, 2.05) is 29.2 Å². The minimum Gasteiger partial charge on any atom is -0.368 e. The first-order valence-corrected chi connectivity index (χ1v) is 13.1. The SMILES string of the molecule is Cc1ccc2cc(N3CCN(c4ccccc4)CC3)c([C@@H]3[C@@H](Cl)C(=O)N3c3ccc(Cl)cc3)cc2c1. The molecule has 36 heavy (non-hydrogen) atoms. The van der Waals surface area contributed by atoms with Gasteiger partial charge in [-0.15, -0.1) is 11.6 Å². The lowest BCUT2D eigenvalue weighted by Crippen LogP contribution is -2.57. The van der Waals surface area contributed by atoms with Gasteiger partial charge in [-0.05, 0) is 66.2 Å². The minimum absolute atomic E-state index is 0.0758. The van der Waals surface area contributed by atoms with E-state index < -0.39 is 5.38 Å². The number of amides is 1. The van der Waals surface area contributed by atoms with Crippen molar-refractivity contribution in [3.8, 4) is 0 Å². The number of hydrogen-bond acceptors (Lipinski definition) is 3. The van der Waals surface area contributed by atoms with Gasteiger partial charge in [0.25, 0.3) is 0 Å². The summed E-state index contributed by atoms with van der Waals surface area (Å²) < 4.78 is 0. The summed E-state index contributed by atoms with van der Waals surface area (Å²) in [6, 6.07) is 28.8. The van der Waals surface area contributed by atoms with Crippen LogP contribution in [0.1, 0.15) is 17.2 Å². The van der Waals surface area contributed by atoms with Crippen molar-refractivity contribution in [2.24, 2.45) is 0 Å². The molecule has 2 aliphatic rings. The second kappa shape index (κ2) is 9.34. The molecule has 2 saturated heterocycles. The second-order valence-electron chi connectivity index (χ2n) is 9.60. The van der Waals surface area contributed by atoms with Crippen LogP contribution in [0.3, 0.4) is 0 Å². The molecule has 0 radical (unpaired) electrons. The number of carbonyl (C=O) groups excluding carboxylic acids is 1. The number of nitrogens with zero attached hydrogens (tertiary/aromatic N) is 3. The number of anilines is 3. The van der Waals surface area contributed by atoms with E-state index in [2.05, 4.69) is 77.4 Å². The molecule has 0 N–H and O–H groups in total. The van der Waals surface area contributed by atoms with E-state index in [9.17, 15) is 4.79 Å². The number of alkyl halides is 1. The average Bonchev–Trinajstić information content (AvgIpc) is 2.92. The van der Waals surface area contributed by atoms with E-state index in [4.69, 9.17) is 23.2 Å². The summed E-state index contributed by atoms with van der Waals surface area (Å²) in [6.07, 6.45) is 0. The van der Waals surface area contributed by atoms with Gasteiger partial charge in [-0.1, -0.05) is 53.6 Å². The number of rotatable bonds is 4. The predicted octanol–water partition coefficient (Wildman–Crippen LogP) is 6.82. The predicted molar refractivity (Wildman–Crippen MR) is 151 cm³/mol. The van der Waals surface area contributed by atoms with Crippen LogP contribution in [-0.4, -0.2) is 37.5 Å². The highest BCUT2D eigenvalue weighted by Crippen LogP contribution is 2.46. The maximum Gasteiger partial charge on any atom is 0.248 e. The minimum atomic E-state index is -0.604. The quantitative estimate of drug-likeness (QED) is 0.220. The highest BCUT2D eigenvalue weighted by atomic mass is 35.5. The van der Waals surface area contributed by atoms with Gasteiger partial charge in [0.2, 0.25) is 5.91 Å². The lowest BCUT2D eigenvalue weighted by Gasteiger charge is -2.47. The molecule has 0 aliphatic carbocycles. The molecule has 2 atom stereocenters. The normalized spacial score (nSPS) is 20.1. The maximum atomic E-state index is 13.0. The number of fused-ring (bicyclic) bond motifs is 1. The average molecular weight is 516 g/mol. The number of benzene rings is 4. The van der Waals surface area contributed by atoms with E-state index in [1.54, 1.807) is 0 Å². The first kappa shape index (κ1) is 23.2. The molecule has 0 spiro atoms. The molecule has 4 aromatic rings. The number of piperazine rings is 1. The molecule has 2 heterocycles. The van der Waals surface area contributed by atoms with Gasteiger partial charge in [0, 0.05) is 53.8 Å². The molecule has 182 valence electrons. The van der Waals surface area contributed by atoms with E-state index in [-0.39, 0.29) is 11.9 Å². The van der Waals surface area contributed by atoms with Gasteiger partial charge < -0.3 is 14.7 Å². The number of hydrogen-bond donors (Lipinski definition) is 0. The second-order valence-corrected chi connectivity index (χ2v) is 10.5. The lowest BCUT2D eigenvalue weighted by atomic mass is 9.88. The van der Waals surface area contributed by atoms with Crippen LogP contribution in [-0.2, 0) is 4.79 Å². The fourth-order valence-electron chi connectivity index (χ4n) is 5.42. The molecule has 0 unspecified atom stereocenters. The van der Waals surface area contributed by atoms with Crippen molar-refractivity contribution in [1.29, 1.82) is 0 Å². The number of aryl methyl sites for hydroxylation is 1. The summed E-state index contributed by atoms with van der Waals surface area (Å²) in [5.74, 6) is -0.0758. The van der Waals surface area contributed by atoms with Crippen LogP contribution < -0.4 is 14.7 Å². The molecule has 2 aliphatic heterocycles. The summed E-state index contributed by atoms with van der Waals surface area (Å²) in [5, 5.41) is 2.40. The first-order chi connectivity index (χ1) is 17.5. The van der Waals surface area contributed by atoms with Crippen molar-refractivity contribution >= 4 is 56.9 Å². The molecule has 6 rings (SSSR count). The number of β-lactam (4-membered cyclic amide) rings is 1. The van der Waals surface area contributed by atoms with Crippen molar-refractivity contribution < 1.29 is 4.79 Å². The molecule has 0 saturated carbocycles. The Morgan fingerprint density at radius 3 is 2.17 bits per heavy atom. The molecule has 1 amide bonds. The highest BCUT2D eigenvalue weighted by Gasteiger charge is 2.49. The molecule has 0 bridgehead atoms. The first-order valence-electron chi connectivity index (χ1n) is 12.3. The third-order valence-corrected chi connectivity index (χ3v) is 8.01. The van der Waals surface area contributed by atoms with Crippen LogP contribution in [0.2, 0.25) is 5.02 Å². The fraction of sp³-hybridized carbons (Fsp3) is 0.233. The van der Waals surface area contributed by atoms with Crippen molar-refractivity contribution in [1.82, 2.24) is 0 Å². The highest BCUT2D eigenvalue weighted by molar-refractivity contribution is 6.37. The largest absolute Gasteiger partial charge is 0.368 e. The third-order valence-electron chi connectivity index (χ3n) is 7.34. The van der Waals surface area contributed by atoms with Crippen LogP contribution >= 0.6 is 23.2 Å². The fourth-order valence-corrected chi connectivity index (χ4v) is 5.90. The van der Waals surface area contributed by atoms with E-state index in [0.717, 1.165) is 48.5 Å². The zero-order valence-corrected chi connectivity index (χ0v) is 21.6. The van der Waals surface area contributed by atoms with E-state index in [1.165, 1.54) is 16.6 Å². The summed E-state index contributed by atoms with van der Waals surface area (Å²) in [7, 11) is 0. The van der Waals surface area contributed by atoms with Crippen LogP contribution in [0, 0.1) is 6.92 Å². The molecule has 4 aromatic carbocycles. The Morgan fingerprint density at radius 1 is 0.750 bits per heavy atom. The number of halogens is 2. The molecule has 4 nitrogen and oxygen atoms in total. The van der Waals surface area contributed by atoms with Crippen LogP contribution in [0.15, 0.2) is 84.9 Å². The Hall–Kier alpha value is -3.21. The van der Waals surface area contributed by atoms with Crippen molar-refractivity contribution in [3.63, 3.8) is 0 Å². The van der Waals surface area contributed by atoms with Gasteiger partial charge in [0.05, 0.1) is 6.04 Å². The molecule has 0 aromatic heterocycles. The molecule has 2 fully saturated rings. The molecular formula is C30H27Cl2N3O. The number of carbonyl (C=O) groups is 1. The van der Waals surface area contributed by atoms with Crippen molar-refractivity contribution in [3.05, 3.63) is 101 Å². The van der Waals surface area contributed by atoms with Crippen LogP contribution in [0.4, 0.5) is 17.1 Å². The zero-order valence-electron chi connectivity index (χ0n) is 20.1. The van der Waals surface area contributed by atoms with Gasteiger partial charge in [-0.3, -0.25) is 4.79 Å². The van der Waals surface area contributed by atoms with Crippen molar-refractivity contribution in [2.45, 2.75) is 18.3 Å². The van der Waals surface area contributed by atoms with Gasteiger partial charge in [-0.2, -0.15) is 0 Å². The Bertz CT molecular complexity index is 1420. The zero-order chi connectivity index (χ0) is 24.8. The van der Waals surface area contributed by atoms with Crippen LogP contribution in [0.5, 0.6) is 0 Å². The Kier molecular flexibility index (Phi) is 6.02. The Labute approximate surface area is 221 Å². The third kappa shape index (κ3) is 4.08. The number of para-hydroxylation sites is 1. The maximum absolute atomic E-state index is 13.0. The topological polar surface area (TPSA) is 26.8 Å². The van der Waals surface area contributed by atoms with Gasteiger partial charge in [-0.25, -0.2) is 0 Å². The molecule has 6 heteroatoms. The smallest absolute Gasteiger partial charge is 0.248 e. The standard InChI is InChI=1S/C30H27Cl2N3O/c1-20-7-8-21-19-27(34-15-13-33(14-16-34)24-5-3-2-4-6-24)26(18-22(21)17-20)29-28(32)30(36)35(29)25-11-9-23(31)10-12-25/h2-12,17-19,28-29H,13-16H2,1H3/t28-,29-/m1/s1. The molecular weight excluding hydrogens is 489 g/mol.